The summed E-state index contributed by atoms with van der Waals surface area (Å²) in [6.07, 6.45) is -4.68. The van der Waals surface area contributed by atoms with Gasteiger partial charge in [-0.05, 0) is 42.8 Å². The van der Waals surface area contributed by atoms with Crippen molar-refractivity contribution in [1.29, 1.82) is 10.7 Å². The van der Waals surface area contributed by atoms with Crippen molar-refractivity contribution in [2.75, 3.05) is 4.90 Å². The molecule has 0 unspecified atom stereocenters. The number of aliphatic carboxylic acids is 1. The molecule has 0 aromatic heterocycles. The van der Waals surface area contributed by atoms with E-state index in [2.05, 4.69) is 15.9 Å². The van der Waals surface area contributed by atoms with Crippen molar-refractivity contribution in [1.82, 2.24) is 4.90 Å². The molecule has 170 valence electrons. The number of carbonyl (C=O) groups excluding carboxylic acids is 1. The van der Waals surface area contributed by atoms with Gasteiger partial charge in [-0.2, -0.15) is 18.4 Å². The molecule has 0 bridgehead atoms. The molecule has 2 amide bonds. The number of allylic oxidation sites excluding steroid dienone is 1. The molecule has 3 rings (SSSR count). The lowest BCUT2D eigenvalue weighted by molar-refractivity contribution is -0.137. The van der Waals surface area contributed by atoms with Crippen LogP contribution in [0.5, 0.6) is 0 Å². The quantitative estimate of drug-likeness (QED) is 0.543. The second-order valence-corrected chi connectivity index (χ2v) is 7.82. The summed E-state index contributed by atoms with van der Waals surface area (Å²) < 4.78 is 40.0. The highest BCUT2D eigenvalue weighted by Crippen LogP contribution is 2.42. The Morgan fingerprint density at radius 2 is 1.91 bits per heavy atom. The molecule has 1 aliphatic heterocycles. The van der Waals surface area contributed by atoms with Crippen LogP contribution in [0.1, 0.15) is 29.7 Å². The largest absolute Gasteiger partial charge is 0.478 e. The molecule has 0 saturated heterocycles. The van der Waals surface area contributed by atoms with Gasteiger partial charge in [-0.1, -0.05) is 28.1 Å². The fourth-order valence-electron chi connectivity index (χ4n) is 3.59. The molecule has 1 atom stereocenters. The minimum Gasteiger partial charge on any atom is -0.478 e. The zero-order chi connectivity index (χ0) is 24.7. The van der Waals surface area contributed by atoms with Gasteiger partial charge in [0.2, 0.25) is 5.96 Å². The number of alkyl halides is 3. The summed E-state index contributed by atoms with van der Waals surface area (Å²) in [5.74, 6) is -2.10. The number of guanidine groups is 1. The van der Waals surface area contributed by atoms with Crippen molar-refractivity contribution in [3.8, 4) is 6.07 Å². The average Bonchev–Trinajstić information content (AvgIpc) is 2.72. The number of nitrogens with zero attached hydrogens (tertiary/aromatic N) is 3. The number of nitrogens with one attached hydrogen (secondary N) is 1. The van der Waals surface area contributed by atoms with Crippen LogP contribution in [-0.4, -0.2) is 28.0 Å². The Kier molecular flexibility index (Phi) is 6.20. The van der Waals surface area contributed by atoms with Crippen molar-refractivity contribution >= 4 is 39.6 Å². The molecule has 0 radical (unpaired) electrons. The monoisotopic (exact) mass is 521 g/mol. The number of nitriles is 1. The number of hydrogen-bond acceptors (Lipinski definition) is 4. The van der Waals surface area contributed by atoms with Gasteiger partial charge in [0, 0.05) is 15.9 Å². The van der Waals surface area contributed by atoms with Gasteiger partial charge in [-0.3, -0.25) is 15.2 Å². The summed E-state index contributed by atoms with van der Waals surface area (Å²) in [6.45, 7) is 1.32. The summed E-state index contributed by atoms with van der Waals surface area (Å²) in [5, 5.41) is 27.6. The van der Waals surface area contributed by atoms with Gasteiger partial charge in [0.05, 0.1) is 22.8 Å². The van der Waals surface area contributed by atoms with E-state index in [1.165, 1.54) is 31.2 Å². The number of benzene rings is 2. The molecule has 4 N–H and O–H groups in total. The number of carboxylic acid groups (broad SMARTS) is 1. The highest BCUT2D eigenvalue weighted by molar-refractivity contribution is 9.10. The lowest BCUT2D eigenvalue weighted by Gasteiger charge is -2.42. The molecule has 0 aliphatic carbocycles. The molecular formula is C21H15BrF3N5O3. The molecule has 12 heteroatoms. The number of carboxylic acids is 1. The third-order valence-electron chi connectivity index (χ3n) is 5.02. The smallest absolute Gasteiger partial charge is 0.416 e. The van der Waals surface area contributed by atoms with Gasteiger partial charge >= 0.3 is 18.2 Å². The Morgan fingerprint density at radius 3 is 2.42 bits per heavy atom. The first-order valence-corrected chi connectivity index (χ1v) is 9.96. The molecule has 0 fully saturated rings. The van der Waals surface area contributed by atoms with Crippen LogP contribution in [-0.2, 0) is 11.0 Å². The standard InChI is InChI=1S/C21H15BrF3N5O3/c1-10-16(18(31)32)17(14-6-5-11(9-26)7-15(14)22)30(20(28)33)19(27)29(10)13-4-2-3-12(8-13)21(23,24)25/h2-8,17,27H,1H3,(H2,28,33)(H,31,32)/t17-/m1/s1. The second kappa shape index (κ2) is 8.59. The molecule has 33 heavy (non-hydrogen) atoms. The SMILES string of the molecule is CC1=C(C(=O)O)[C@@H](c2ccc(C#N)cc2Br)N(C(N)=O)C(=N)N1c1cccc(C(F)(F)F)c1. The van der Waals surface area contributed by atoms with E-state index in [1.54, 1.807) is 0 Å². The van der Waals surface area contributed by atoms with E-state index < -0.39 is 35.7 Å². The third kappa shape index (κ3) is 4.27. The predicted molar refractivity (Wildman–Crippen MR) is 115 cm³/mol. The Morgan fingerprint density at radius 1 is 1.24 bits per heavy atom. The summed E-state index contributed by atoms with van der Waals surface area (Å²) in [5.41, 5.74) is 4.32. The first kappa shape index (κ1) is 23.8. The van der Waals surface area contributed by atoms with Gasteiger partial charge in [0.15, 0.2) is 0 Å². The van der Waals surface area contributed by atoms with Crippen molar-refractivity contribution in [3.63, 3.8) is 0 Å². The number of hydrogen-bond donors (Lipinski definition) is 3. The van der Waals surface area contributed by atoms with Gasteiger partial charge in [0.25, 0.3) is 0 Å². The van der Waals surface area contributed by atoms with E-state index in [9.17, 15) is 27.9 Å². The van der Waals surface area contributed by atoms with Gasteiger partial charge in [0.1, 0.15) is 6.04 Å². The lowest BCUT2D eigenvalue weighted by atomic mass is 9.92. The number of anilines is 1. The van der Waals surface area contributed by atoms with Crippen LogP contribution in [0, 0.1) is 16.7 Å². The van der Waals surface area contributed by atoms with Crippen molar-refractivity contribution < 1.29 is 27.9 Å². The van der Waals surface area contributed by atoms with E-state index in [-0.39, 0.29) is 32.6 Å². The third-order valence-corrected chi connectivity index (χ3v) is 5.71. The Hall–Kier alpha value is -3.85. The molecule has 1 aliphatic rings. The number of nitrogens with two attached hydrogens (primary N) is 1. The van der Waals surface area contributed by atoms with Gasteiger partial charge < -0.3 is 10.8 Å². The minimum absolute atomic E-state index is 0.0782. The fraction of sp³-hybridized carbons (Fsp3) is 0.143. The number of urea groups is 1. The lowest BCUT2D eigenvalue weighted by Crippen LogP contribution is -2.55. The van der Waals surface area contributed by atoms with Crippen LogP contribution in [0.15, 0.2) is 58.2 Å². The normalized spacial score (nSPS) is 16.6. The summed E-state index contributed by atoms with van der Waals surface area (Å²) >= 11 is 3.25. The number of primary amides is 1. The molecular weight excluding hydrogens is 507 g/mol. The molecule has 0 saturated carbocycles. The number of halogens is 4. The molecule has 0 spiro atoms. The Bertz CT molecular complexity index is 1250. The first-order chi connectivity index (χ1) is 15.4. The van der Waals surface area contributed by atoms with Gasteiger partial charge in [-0.15, -0.1) is 0 Å². The van der Waals surface area contributed by atoms with E-state index in [0.717, 1.165) is 23.1 Å². The molecule has 1 heterocycles. The maximum atomic E-state index is 13.2. The van der Waals surface area contributed by atoms with Crippen LogP contribution < -0.4 is 10.6 Å². The highest BCUT2D eigenvalue weighted by atomic mass is 79.9. The number of rotatable bonds is 3. The van der Waals surface area contributed by atoms with Crippen LogP contribution >= 0.6 is 15.9 Å². The average molecular weight is 522 g/mol. The Labute approximate surface area is 193 Å². The van der Waals surface area contributed by atoms with Crippen molar-refractivity contribution in [2.45, 2.75) is 19.1 Å². The maximum absolute atomic E-state index is 13.2. The predicted octanol–water partition coefficient (Wildman–Crippen LogP) is 4.57. The molecule has 2 aromatic rings. The van der Waals surface area contributed by atoms with E-state index in [4.69, 9.17) is 16.4 Å². The van der Waals surface area contributed by atoms with E-state index >= 15 is 0 Å². The zero-order valence-electron chi connectivity index (χ0n) is 16.8. The fourth-order valence-corrected chi connectivity index (χ4v) is 4.19. The molecule has 2 aromatic carbocycles. The second-order valence-electron chi connectivity index (χ2n) is 6.97. The summed E-state index contributed by atoms with van der Waals surface area (Å²) in [7, 11) is 0. The Balaban J connectivity index is 2.30. The van der Waals surface area contributed by atoms with Crippen molar-refractivity contribution in [2.24, 2.45) is 5.73 Å². The number of carbonyl (C=O) groups is 2. The van der Waals surface area contributed by atoms with E-state index in [0.29, 0.717) is 4.90 Å². The summed E-state index contributed by atoms with van der Waals surface area (Å²) in [4.78, 5) is 26.2. The van der Waals surface area contributed by atoms with Crippen LogP contribution in [0.4, 0.5) is 23.7 Å². The van der Waals surface area contributed by atoms with E-state index in [1.807, 2.05) is 6.07 Å². The highest BCUT2D eigenvalue weighted by Gasteiger charge is 2.44. The van der Waals surface area contributed by atoms with Gasteiger partial charge in [-0.25, -0.2) is 9.59 Å². The molecule has 8 nitrogen and oxygen atoms in total. The maximum Gasteiger partial charge on any atom is 0.416 e. The minimum atomic E-state index is -4.68. The van der Waals surface area contributed by atoms with Crippen LogP contribution in [0.3, 0.4) is 0 Å². The first-order valence-electron chi connectivity index (χ1n) is 9.16. The topological polar surface area (TPSA) is 135 Å². The van der Waals surface area contributed by atoms with Crippen molar-refractivity contribution in [3.05, 3.63) is 74.9 Å². The zero-order valence-corrected chi connectivity index (χ0v) is 18.4. The summed E-state index contributed by atoms with van der Waals surface area (Å²) in [6, 6.07) is 7.51. The number of amides is 2. The van der Waals surface area contributed by atoms with Crippen LogP contribution in [0.2, 0.25) is 0 Å². The van der Waals surface area contributed by atoms with Crippen LogP contribution in [0.25, 0.3) is 0 Å².